The summed E-state index contributed by atoms with van der Waals surface area (Å²) in [4.78, 5) is 21.0. The molecule has 2 N–H and O–H groups in total. The van der Waals surface area contributed by atoms with Crippen molar-refractivity contribution in [3.8, 4) is 0 Å². The summed E-state index contributed by atoms with van der Waals surface area (Å²) in [5.41, 5.74) is 0. The summed E-state index contributed by atoms with van der Waals surface area (Å²) in [5, 5.41) is 6.18. The predicted molar refractivity (Wildman–Crippen MR) is 112 cm³/mol. The Bertz CT molecular complexity index is 538. The summed E-state index contributed by atoms with van der Waals surface area (Å²) in [5.74, 6) is 1.61. The molecule has 1 fully saturated rings. The number of guanidine groups is 1. The Morgan fingerprint density at radius 1 is 1.33 bits per heavy atom. The van der Waals surface area contributed by atoms with Crippen molar-refractivity contribution in [3.05, 3.63) is 21.9 Å². The monoisotopic (exact) mass is 464 g/mol. The number of amides is 1. The van der Waals surface area contributed by atoms with Crippen molar-refractivity contribution in [2.24, 2.45) is 10.9 Å². The Kier molecular flexibility index (Phi) is 9.65. The van der Waals surface area contributed by atoms with E-state index in [2.05, 4.69) is 39.6 Å². The van der Waals surface area contributed by atoms with Crippen LogP contribution in [0.25, 0.3) is 0 Å². The van der Waals surface area contributed by atoms with Crippen LogP contribution in [-0.4, -0.2) is 44.0 Å². The van der Waals surface area contributed by atoms with Gasteiger partial charge in [0, 0.05) is 43.4 Å². The maximum absolute atomic E-state index is 11.5. The van der Waals surface area contributed by atoms with Crippen molar-refractivity contribution < 1.29 is 4.79 Å². The topological polar surface area (TPSA) is 56.7 Å². The number of thiophene rings is 1. The molecule has 2 heterocycles. The molecule has 1 aliphatic heterocycles. The lowest BCUT2D eigenvalue weighted by Crippen LogP contribution is -2.45. The lowest BCUT2D eigenvalue weighted by molar-refractivity contribution is -0.121. The average Bonchev–Trinajstić information content (AvgIpc) is 3.04. The number of carbonyl (C=O) groups excluding carboxylic acids is 1. The summed E-state index contributed by atoms with van der Waals surface area (Å²) in [7, 11) is 3.54. The van der Waals surface area contributed by atoms with E-state index in [4.69, 9.17) is 0 Å². The number of nitrogens with one attached hydrogen (secondary N) is 2. The van der Waals surface area contributed by atoms with Crippen LogP contribution in [-0.2, 0) is 17.8 Å². The Hall–Kier alpha value is -0.830. The molecule has 0 radical (unpaired) electrons. The van der Waals surface area contributed by atoms with Crippen molar-refractivity contribution in [2.75, 3.05) is 27.2 Å². The maximum atomic E-state index is 11.5. The van der Waals surface area contributed by atoms with Crippen LogP contribution in [0.4, 0.5) is 0 Å². The molecular weight excluding hydrogens is 435 g/mol. The lowest BCUT2D eigenvalue weighted by atomic mass is 9.93. The molecule has 0 unspecified atom stereocenters. The van der Waals surface area contributed by atoms with Crippen molar-refractivity contribution >= 4 is 47.2 Å². The van der Waals surface area contributed by atoms with Gasteiger partial charge in [0.2, 0.25) is 5.91 Å². The van der Waals surface area contributed by atoms with Gasteiger partial charge in [-0.05, 0) is 37.3 Å². The van der Waals surface area contributed by atoms with E-state index >= 15 is 0 Å². The molecule has 0 spiro atoms. The number of hydrogen-bond acceptors (Lipinski definition) is 3. The van der Waals surface area contributed by atoms with E-state index in [9.17, 15) is 4.79 Å². The van der Waals surface area contributed by atoms with Gasteiger partial charge in [0.25, 0.3) is 0 Å². The Labute approximate surface area is 166 Å². The van der Waals surface area contributed by atoms with Gasteiger partial charge in [-0.3, -0.25) is 9.79 Å². The Morgan fingerprint density at radius 3 is 2.54 bits per heavy atom. The van der Waals surface area contributed by atoms with Crippen LogP contribution < -0.4 is 10.6 Å². The van der Waals surface area contributed by atoms with Gasteiger partial charge in [-0.2, -0.15) is 0 Å². The Balaban J connectivity index is 0.00000288. The molecule has 7 heteroatoms. The molecule has 1 aliphatic rings. The van der Waals surface area contributed by atoms with E-state index in [1.54, 1.807) is 7.05 Å². The van der Waals surface area contributed by atoms with E-state index in [1.807, 2.05) is 18.4 Å². The molecule has 0 aliphatic carbocycles. The number of hydrogen-bond donors (Lipinski definition) is 2. The molecule has 1 saturated heterocycles. The third-order valence-electron chi connectivity index (χ3n) is 4.37. The van der Waals surface area contributed by atoms with Crippen molar-refractivity contribution in [3.63, 3.8) is 0 Å². The van der Waals surface area contributed by atoms with Gasteiger partial charge < -0.3 is 15.5 Å². The number of halogens is 1. The molecule has 5 nitrogen and oxygen atoms in total. The van der Waals surface area contributed by atoms with E-state index in [0.29, 0.717) is 12.3 Å². The molecule has 2 rings (SSSR count). The number of carbonyl (C=O) groups is 1. The highest BCUT2D eigenvalue weighted by Crippen LogP contribution is 2.21. The van der Waals surface area contributed by atoms with Gasteiger partial charge in [-0.25, -0.2) is 0 Å². The number of rotatable bonds is 5. The average molecular weight is 464 g/mol. The zero-order valence-electron chi connectivity index (χ0n) is 14.8. The molecule has 0 atom stereocenters. The first-order chi connectivity index (χ1) is 11.2. The van der Waals surface area contributed by atoms with E-state index in [1.165, 1.54) is 9.75 Å². The van der Waals surface area contributed by atoms with Gasteiger partial charge in [-0.15, -0.1) is 35.3 Å². The highest BCUT2D eigenvalue weighted by atomic mass is 127. The van der Waals surface area contributed by atoms with Crippen LogP contribution in [0.3, 0.4) is 0 Å². The molecular formula is C17H29IN4OS. The lowest BCUT2D eigenvalue weighted by Gasteiger charge is -2.34. The van der Waals surface area contributed by atoms with Gasteiger partial charge in [0.1, 0.15) is 0 Å². The summed E-state index contributed by atoms with van der Waals surface area (Å²) >= 11 is 1.86. The summed E-state index contributed by atoms with van der Waals surface area (Å²) in [6.07, 6.45) is 3.84. The van der Waals surface area contributed by atoms with Gasteiger partial charge in [0.05, 0.1) is 6.54 Å². The second-order valence-corrected chi connectivity index (χ2v) is 7.18. The zero-order valence-corrected chi connectivity index (χ0v) is 17.9. The first-order valence-electron chi connectivity index (χ1n) is 8.40. The first kappa shape index (κ1) is 21.2. The first-order valence-corrected chi connectivity index (χ1v) is 9.21. The molecule has 136 valence electrons. The van der Waals surface area contributed by atoms with E-state index in [-0.39, 0.29) is 29.9 Å². The minimum Gasteiger partial charge on any atom is -0.359 e. The van der Waals surface area contributed by atoms with E-state index < -0.39 is 0 Å². The molecule has 0 bridgehead atoms. The molecule has 0 saturated carbocycles. The van der Waals surface area contributed by atoms with Gasteiger partial charge in [0.15, 0.2) is 5.96 Å². The minimum atomic E-state index is 0. The van der Waals surface area contributed by atoms with Crippen molar-refractivity contribution in [2.45, 2.75) is 39.2 Å². The highest BCUT2D eigenvalue weighted by molar-refractivity contribution is 14.0. The smallest absolute Gasteiger partial charge is 0.220 e. The van der Waals surface area contributed by atoms with Crippen molar-refractivity contribution in [1.82, 2.24) is 15.5 Å². The fraction of sp³-hybridized carbons (Fsp3) is 0.647. The number of nitrogens with zero attached hydrogens (tertiary/aromatic N) is 2. The predicted octanol–water partition coefficient (Wildman–Crippen LogP) is 2.85. The quantitative estimate of drug-likeness (QED) is 0.401. The van der Waals surface area contributed by atoms with Crippen LogP contribution in [0.1, 0.15) is 35.9 Å². The van der Waals surface area contributed by atoms with E-state index in [0.717, 1.165) is 44.9 Å². The normalized spacial score (nSPS) is 15.8. The molecule has 0 aromatic carbocycles. The second-order valence-electron chi connectivity index (χ2n) is 5.93. The molecule has 1 aromatic rings. The number of aryl methyl sites for hydroxylation is 1. The summed E-state index contributed by atoms with van der Waals surface area (Å²) < 4.78 is 0. The van der Waals surface area contributed by atoms with Crippen LogP contribution >= 0.6 is 35.3 Å². The third-order valence-corrected chi connectivity index (χ3v) is 5.59. The highest BCUT2D eigenvalue weighted by Gasteiger charge is 2.23. The number of likely N-dealkylation sites (tertiary alicyclic amines) is 1. The standard InChI is InChI=1S/C17H28N4OS.HI/c1-4-14-5-6-15(23-14)12-20-17(19-3)21-9-7-13(8-10-21)11-16(22)18-2;/h5-6,13H,4,7-12H2,1-3H3,(H,18,22)(H,19,20);1H. The Morgan fingerprint density at radius 2 is 2.00 bits per heavy atom. The van der Waals surface area contributed by atoms with Crippen LogP contribution in [0.5, 0.6) is 0 Å². The van der Waals surface area contributed by atoms with Crippen LogP contribution in [0.15, 0.2) is 17.1 Å². The molecule has 1 amide bonds. The SMILES string of the molecule is CCc1ccc(CNC(=NC)N2CCC(CC(=O)NC)CC2)s1.I. The fourth-order valence-corrected chi connectivity index (χ4v) is 3.82. The number of piperidine rings is 1. The second kappa shape index (κ2) is 10.9. The largest absolute Gasteiger partial charge is 0.359 e. The molecule has 24 heavy (non-hydrogen) atoms. The van der Waals surface area contributed by atoms with Gasteiger partial charge in [-0.1, -0.05) is 6.92 Å². The fourth-order valence-electron chi connectivity index (χ4n) is 2.92. The minimum absolute atomic E-state index is 0. The summed E-state index contributed by atoms with van der Waals surface area (Å²) in [6, 6.07) is 4.40. The van der Waals surface area contributed by atoms with Crippen LogP contribution in [0, 0.1) is 5.92 Å². The maximum Gasteiger partial charge on any atom is 0.220 e. The number of aliphatic imine (C=N–C) groups is 1. The zero-order chi connectivity index (χ0) is 16.7. The molecule has 1 aromatic heterocycles. The van der Waals surface area contributed by atoms with Crippen molar-refractivity contribution in [1.29, 1.82) is 0 Å². The van der Waals surface area contributed by atoms with Crippen LogP contribution in [0.2, 0.25) is 0 Å². The van der Waals surface area contributed by atoms with Gasteiger partial charge >= 0.3 is 0 Å². The summed E-state index contributed by atoms with van der Waals surface area (Å²) in [6.45, 7) is 4.94. The third kappa shape index (κ3) is 6.23.